The monoisotopic (exact) mass is 334 g/mol. The van der Waals surface area contributed by atoms with Gasteiger partial charge in [0.1, 0.15) is 11.5 Å². The summed E-state index contributed by atoms with van der Waals surface area (Å²) in [4.78, 5) is 12.5. The van der Waals surface area contributed by atoms with E-state index < -0.39 is 6.36 Å². The number of rotatable bonds is 2. The van der Waals surface area contributed by atoms with Gasteiger partial charge >= 0.3 is 6.36 Å². The van der Waals surface area contributed by atoms with Crippen LogP contribution in [0.25, 0.3) is 6.08 Å². The van der Waals surface area contributed by atoms with Crippen LogP contribution in [0.4, 0.5) is 13.2 Å². The zero-order chi connectivity index (χ0) is 17.3. The fourth-order valence-electron chi connectivity index (χ4n) is 2.69. The summed E-state index contributed by atoms with van der Waals surface area (Å²) < 4.78 is 41.4. The Kier molecular flexibility index (Phi) is 4.05. The number of phenols is 1. The summed E-state index contributed by atoms with van der Waals surface area (Å²) >= 11 is 0. The smallest absolute Gasteiger partial charge is 0.508 e. The molecule has 0 aromatic heterocycles. The molecule has 2 aromatic rings. The van der Waals surface area contributed by atoms with Crippen molar-refractivity contribution in [3.8, 4) is 11.5 Å². The molecule has 0 saturated heterocycles. The average molecular weight is 334 g/mol. The van der Waals surface area contributed by atoms with Crippen LogP contribution < -0.4 is 4.74 Å². The van der Waals surface area contributed by atoms with Gasteiger partial charge in [-0.3, -0.25) is 4.79 Å². The number of aryl methyl sites for hydroxylation is 1. The molecule has 0 saturated carbocycles. The van der Waals surface area contributed by atoms with E-state index in [9.17, 15) is 23.1 Å². The van der Waals surface area contributed by atoms with Crippen LogP contribution in [0.15, 0.2) is 48.0 Å². The van der Waals surface area contributed by atoms with E-state index >= 15 is 0 Å². The molecule has 0 bridgehead atoms. The standard InChI is InChI=1S/C18H13F3O3/c19-18(20,21)24-16-4-2-1-3-12(16)9-13-6-5-11-7-8-14(22)10-15(11)17(13)23/h1-4,7-10,22H,5-6H2/b13-9+. The van der Waals surface area contributed by atoms with Gasteiger partial charge in [-0.05, 0) is 42.7 Å². The number of carbonyl (C=O) groups excluding carboxylic acids is 1. The number of para-hydroxylation sites is 1. The lowest BCUT2D eigenvalue weighted by atomic mass is 9.86. The van der Waals surface area contributed by atoms with Gasteiger partial charge in [-0.2, -0.15) is 0 Å². The molecule has 0 atom stereocenters. The Labute approximate surface area is 136 Å². The number of allylic oxidation sites excluding steroid dienone is 1. The average Bonchev–Trinajstić information content (AvgIpc) is 2.51. The van der Waals surface area contributed by atoms with Gasteiger partial charge < -0.3 is 9.84 Å². The van der Waals surface area contributed by atoms with Gasteiger partial charge in [0.05, 0.1) is 0 Å². The molecule has 3 nitrogen and oxygen atoms in total. The second kappa shape index (κ2) is 6.03. The van der Waals surface area contributed by atoms with Crippen LogP contribution in [-0.4, -0.2) is 17.3 Å². The first-order chi connectivity index (χ1) is 11.3. The highest BCUT2D eigenvalue weighted by atomic mass is 19.4. The first-order valence-electron chi connectivity index (χ1n) is 7.25. The van der Waals surface area contributed by atoms with Gasteiger partial charge in [-0.1, -0.05) is 24.3 Å². The number of phenolic OH excluding ortho intramolecular Hbond substituents is 1. The predicted molar refractivity (Wildman–Crippen MR) is 81.9 cm³/mol. The summed E-state index contributed by atoms with van der Waals surface area (Å²) in [6.07, 6.45) is -2.40. The summed E-state index contributed by atoms with van der Waals surface area (Å²) in [7, 11) is 0. The molecule has 0 radical (unpaired) electrons. The molecule has 1 N–H and O–H groups in total. The van der Waals surface area contributed by atoms with Gasteiger partial charge in [0.15, 0.2) is 5.78 Å². The van der Waals surface area contributed by atoms with Crippen molar-refractivity contribution in [1.29, 1.82) is 0 Å². The molecule has 0 amide bonds. The summed E-state index contributed by atoms with van der Waals surface area (Å²) in [5, 5.41) is 9.54. The third kappa shape index (κ3) is 3.42. The van der Waals surface area contributed by atoms with Crippen molar-refractivity contribution in [3.05, 3.63) is 64.7 Å². The molecule has 3 rings (SSSR count). The molecule has 124 valence electrons. The van der Waals surface area contributed by atoms with E-state index in [1.165, 1.54) is 36.4 Å². The van der Waals surface area contributed by atoms with Crippen molar-refractivity contribution >= 4 is 11.9 Å². The van der Waals surface area contributed by atoms with Crippen LogP contribution in [-0.2, 0) is 6.42 Å². The minimum absolute atomic E-state index is 0.0239. The number of alkyl halides is 3. The molecule has 0 spiro atoms. The normalized spacial score (nSPS) is 16.1. The lowest BCUT2D eigenvalue weighted by molar-refractivity contribution is -0.274. The largest absolute Gasteiger partial charge is 0.573 e. The summed E-state index contributed by atoms with van der Waals surface area (Å²) in [6, 6.07) is 10.2. The number of halogens is 3. The van der Waals surface area contributed by atoms with Crippen molar-refractivity contribution in [1.82, 2.24) is 0 Å². The minimum atomic E-state index is -4.80. The number of aromatic hydroxyl groups is 1. The Bertz CT molecular complexity index is 822. The number of ketones is 1. The Balaban J connectivity index is 1.97. The van der Waals surface area contributed by atoms with Crippen molar-refractivity contribution in [2.75, 3.05) is 0 Å². The number of carbonyl (C=O) groups is 1. The zero-order valence-corrected chi connectivity index (χ0v) is 12.4. The topological polar surface area (TPSA) is 46.5 Å². The number of ether oxygens (including phenoxy) is 1. The summed E-state index contributed by atoms with van der Waals surface area (Å²) in [5.41, 5.74) is 1.75. The first kappa shape index (κ1) is 16.1. The molecular weight excluding hydrogens is 321 g/mol. The first-order valence-corrected chi connectivity index (χ1v) is 7.25. The van der Waals surface area contributed by atoms with Gasteiger partial charge in [0, 0.05) is 16.7 Å². The number of hydrogen-bond donors (Lipinski definition) is 1. The molecule has 1 aliphatic carbocycles. The summed E-state index contributed by atoms with van der Waals surface area (Å²) in [6.45, 7) is 0. The van der Waals surface area contributed by atoms with Crippen LogP contribution in [0, 0.1) is 0 Å². The van der Waals surface area contributed by atoms with Gasteiger partial charge in [-0.15, -0.1) is 13.2 Å². The maximum Gasteiger partial charge on any atom is 0.573 e. The van der Waals surface area contributed by atoms with Crippen LogP contribution >= 0.6 is 0 Å². The van der Waals surface area contributed by atoms with E-state index in [4.69, 9.17) is 0 Å². The minimum Gasteiger partial charge on any atom is -0.508 e. The van der Waals surface area contributed by atoms with Crippen LogP contribution in [0.2, 0.25) is 0 Å². The van der Waals surface area contributed by atoms with Crippen LogP contribution in [0.3, 0.4) is 0 Å². The van der Waals surface area contributed by atoms with Gasteiger partial charge in [0.2, 0.25) is 0 Å². The van der Waals surface area contributed by atoms with E-state index in [1.807, 2.05) is 0 Å². The third-order valence-corrected chi connectivity index (χ3v) is 3.77. The van der Waals surface area contributed by atoms with E-state index in [0.29, 0.717) is 24.0 Å². The highest BCUT2D eigenvalue weighted by molar-refractivity contribution is 6.13. The second-order valence-electron chi connectivity index (χ2n) is 5.43. The van der Waals surface area contributed by atoms with E-state index in [1.54, 1.807) is 12.1 Å². The van der Waals surface area contributed by atoms with Gasteiger partial charge in [-0.25, -0.2) is 0 Å². The lowest BCUT2D eigenvalue weighted by Gasteiger charge is -2.18. The van der Waals surface area contributed by atoms with Gasteiger partial charge in [0.25, 0.3) is 0 Å². The quantitative estimate of drug-likeness (QED) is 0.823. The van der Waals surface area contributed by atoms with Crippen LogP contribution in [0.5, 0.6) is 11.5 Å². The number of hydrogen-bond acceptors (Lipinski definition) is 3. The number of fused-ring (bicyclic) bond motifs is 1. The van der Waals surface area contributed by atoms with Crippen molar-refractivity contribution in [2.45, 2.75) is 19.2 Å². The highest BCUT2D eigenvalue weighted by Crippen LogP contribution is 2.32. The fourth-order valence-corrected chi connectivity index (χ4v) is 2.69. The zero-order valence-electron chi connectivity index (χ0n) is 12.4. The molecule has 6 heteroatoms. The lowest BCUT2D eigenvalue weighted by Crippen LogP contribution is -2.18. The van der Waals surface area contributed by atoms with Crippen molar-refractivity contribution in [2.24, 2.45) is 0 Å². The maximum absolute atomic E-state index is 12.5. The van der Waals surface area contributed by atoms with E-state index in [-0.39, 0.29) is 22.8 Å². The fraction of sp³-hybridized carbons (Fsp3) is 0.167. The predicted octanol–water partition coefficient (Wildman–Crippen LogP) is 4.50. The van der Waals surface area contributed by atoms with E-state index in [0.717, 1.165) is 5.56 Å². The molecule has 2 aromatic carbocycles. The molecule has 0 unspecified atom stereocenters. The molecular formula is C18H13F3O3. The van der Waals surface area contributed by atoms with E-state index in [2.05, 4.69) is 4.74 Å². The third-order valence-electron chi connectivity index (χ3n) is 3.77. The molecule has 0 fully saturated rings. The molecule has 1 aliphatic rings. The Morgan fingerprint density at radius 2 is 1.83 bits per heavy atom. The number of Topliss-reactive ketones (excluding diaryl/α,β-unsaturated/α-hetero) is 1. The van der Waals surface area contributed by atoms with Crippen molar-refractivity contribution < 1.29 is 27.8 Å². The maximum atomic E-state index is 12.5. The molecule has 0 heterocycles. The Morgan fingerprint density at radius 3 is 2.58 bits per heavy atom. The SMILES string of the molecule is O=C1/C(=C/c2ccccc2OC(F)(F)F)CCc2ccc(O)cc21. The number of benzene rings is 2. The summed E-state index contributed by atoms with van der Waals surface area (Å²) in [5.74, 6) is -0.676. The Hall–Kier alpha value is -2.76. The molecule has 0 aliphatic heterocycles. The Morgan fingerprint density at radius 1 is 1.08 bits per heavy atom. The highest BCUT2D eigenvalue weighted by Gasteiger charge is 2.32. The van der Waals surface area contributed by atoms with Crippen molar-refractivity contribution in [3.63, 3.8) is 0 Å². The second-order valence-corrected chi connectivity index (χ2v) is 5.43. The van der Waals surface area contributed by atoms with Crippen LogP contribution in [0.1, 0.15) is 27.9 Å². The molecule has 24 heavy (non-hydrogen) atoms.